The van der Waals surface area contributed by atoms with Crippen LogP contribution in [0.1, 0.15) is 86.0 Å². The number of methoxy groups -OCH3 is 1. The van der Waals surface area contributed by atoms with E-state index in [1.807, 2.05) is 0 Å². The molecule has 220 valence electrons. The van der Waals surface area contributed by atoms with Gasteiger partial charge in [-0.15, -0.1) is 0 Å². The number of likely N-dealkylation sites (tertiary alicyclic amines) is 1. The highest BCUT2D eigenvalue weighted by molar-refractivity contribution is 5.78. The minimum Gasteiger partial charge on any atom is -0.469 e. The molecule has 2 aliphatic heterocycles. The Morgan fingerprint density at radius 2 is 1.92 bits per heavy atom. The second kappa shape index (κ2) is 14.0. The lowest BCUT2D eigenvalue weighted by Gasteiger charge is -2.39. The molecular formula is C31H57N3O4. The summed E-state index contributed by atoms with van der Waals surface area (Å²) >= 11 is 0. The first-order valence-corrected chi connectivity index (χ1v) is 15.3. The fourth-order valence-corrected chi connectivity index (χ4v) is 7.19. The number of fused-ring (bicyclic) bond motifs is 1. The number of rotatable bonds is 15. The molecule has 0 radical (unpaired) electrons. The molecule has 3 aliphatic rings. The van der Waals surface area contributed by atoms with Gasteiger partial charge in [-0.2, -0.15) is 0 Å². The van der Waals surface area contributed by atoms with Crippen LogP contribution in [0.3, 0.4) is 0 Å². The third kappa shape index (κ3) is 7.52. The molecule has 1 amide bonds. The quantitative estimate of drug-likeness (QED) is 0.289. The first-order chi connectivity index (χ1) is 18.1. The monoisotopic (exact) mass is 535 g/mol. The van der Waals surface area contributed by atoms with Gasteiger partial charge in [0.05, 0.1) is 12.6 Å². The van der Waals surface area contributed by atoms with Gasteiger partial charge in [-0.25, -0.2) is 0 Å². The third-order valence-corrected chi connectivity index (χ3v) is 9.40. The molecule has 7 nitrogen and oxygen atoms in total. The van der Waals surface area contributed by atoms with Crippen LogP contribution in [-0.2, 0) is 19.0 Å². The van der Waals surface area contributed by atoms with Gasteiger partial charge in [0, 0.05) is 32.3 Å². The van der Waals surface area contributed by atoms with E-state index in [1.165, 1.54) is 12.8 Å². The van der Waals surface area contributed by atoms with Crippen molar-refractivity contribution < 1.29 is 19.0 Å². The molecule has 2 heterocycles. The Bertz CT molecular complexity index is 789. The smallest absolute Gasteiger partial charge is 0.236 e. The highest BCUT2D eigenvalue weighted by Crippen LogP contribution is 2.48. The zero-order chi connectivity index (χ0) is 27.9. The molecular weight excluding hydrogens is 478 g/mol. The third-order valence-electron chi connectivity index (χ3n) is 9.40. The summed E-state index contributed by atoms with van der Waals surface area (Å²) in [5, 5.41) is 0. The number of unbranched alkanes of at least 4 members (excludes halogenated alkanes) is 1. The summed E-state index contributed by atoms with van der Waals surface area (Å²) in [6.07, 6.45) is 11.1. The standard InChI is InChI=1S/C31H57N3O4/c1-9-11-15-33(16-12-14-32(6)7)29(35)22-34-21-26(20-30(34,4)19-24(3)13-10-2)25-17-27(36-8)31(5)28(18-25)37-23-38-31/h18,24-27H,9-17,19-23H2,1-8H3/t24-,25?,26?,27?,30?,31?/m1/s1. The Balaban J connectivity index is 1.78. The molecule has 0 saturated carbocycles. The predicted octanol–water partition coefficient (Wildman–Crippen LogP) is 5.16. The van der Waals surface area contributed by atoms with Crippen LogP contribution in [-0.4, -0.2) is 98.6 Å². The zero-order valence-corrected chi connectivity index (χ0v) is 25.8. The maximum atomic E-state index is 13.8. The van der Waals surface area contributed by atoms with Crippen molar-refractivity contribution in [3.63, 3.8) is 0 Å². The Labute approximate surface area is 233 Å². The maximum Gasteiger partial charge on any atom is 0.236 e. The molecule has 2 fully saturated rings. The van der Waals surface area contributed by atoms with E-state index in [4.69, 9.17) is 14.2 Å². The largest absolute Gasteiger partial charge is 0.469 e. The average Bonchev–Trinajstić information content (AvgIpc) is 3.39. The zero-order valence-electron chi connectivity index (χ0n) is 25.8. The SMILES string of the molecule is CCCCN(CCCN(C)C)C(=O)CN1CC(C2C=C3OCOC3(C)C(OC)C2)CC1(C)C[C@H](C)CCC. The number of allylic oxidation sites excluding steroid dienone is 1. The highest BCUT2D eigenvalue weighted by Gasteiger charge is 2.52. The summed E-state index contributed by atoms with van der Waals surface area (Å²) < 4.78 is 17.8. The lowest BCUT2D eigenvalue weighted by molar-refractivity contribution is -0.133. The van der Waals surface area contributed by atoms with Crippen LogP contribution in [0.25, 0.3) is 0 Å². The van der Waals surface area contributed by atoms with Crippen molar-refractivity contribution in [1.82, 2.24) is 14.7 Å². The fourth-order valence-electron chi connectivity index (χ4n) is 7.19. The molecule has 0 aromatic rings. The van der Waals surface area contributed by atoms with E-state index in [0.29, 0.717) is 37.0 Å². The normalized spacial score (nSPS) is 32.2. The van der Waals surface area contributed by atoms with Gasteiger partial charge < -0.3 is 24.0 Å². The molecule has 3 rings (SSSR count). The summed E-state index contributed by atoms with van der Waals surface area (Å²) in [7, 11) is 5.99. The minimum atomic E-state index is -0.481. The Morgan fingerprint density at radius 3 is 2.58 bits per heavy atom. The summed E-state index contributed by atoms with van der Waals surface area (Å²) in [5.74, 6) is 2.70. The van der Waals surface area contributed by atoms with Crippen molar-refractivity contribution in [2.24, 2.45) is 17.8 Å². The van der Waals surface area contributed by atoms with Gasteiger partial charge in [-0.3, -0.25) is 9.69 Å². The van der Waals surface area contributed by atoms with E-state index >= 15 is 0 Å². The molecule has 2 saturated heterocycles. The molecule has 0 aromatic carbocycles. The van der Waals surface area contributed by atoms with Crippen LogP contribution < -0.4 is 0 Å². The summed E-state index contributed by atoms with van der Waals surface area (Å²) in [6.45, 7) is 15.9. The van der Waals surface area contributed by atoms with Crippen molar-refractivity contribution in [3.8, 4) is 0 Å². The van der Waals surface area contributed by atoms with Crippen LogP contribution in [0.15, 0.2) is 11.8 Å². The number of carbonyl (C=O) groups excluding carboxylic acids is 1. The second-order valence-corrected chi connectivity index (χ2v) is 13.0. The van der Waals surface area contributed by atoms with Crippen LogP contribution in [0.2, 0.25) is 0 Å². The van der Waals surface area contributed by atoms with Gasteiger partial charge >= 0.3 is 0 Å². The van der Waals surface area contributed by atoms with Crippen LogP contribution in [0, 0.1) is 17.8 Å². The molecule has 0 spiro atoms. The average molecular weight is 536 g/mol. The van der Waals surface area contributed by atoms with Gasteiger partial charge in [0.25, 0.3) is 0 Å². The van der Waals surface area contributed by atoms with Gasteiger partial charge in [-0.05, 0) is 90.4 Å². The summed E-state index contributed by atoms with van der Waals surface area (Å²) in [5.41, 5.74) is -0.464. The topological polar surface area (TPSA) is 54.5 Å². The van der Waals surface area contributed by atoms with Crippen molar-refractivity contribution in [2.75, 3.05) is 60.7 Å². The van der Waals surface area contributed by atoms with Crippen molar-refractivity contribution in [1.29, 1.82) is 0 Å². The number of hydrogen-bond donors (Lipinski definition) is 0. The van der Waals surface area contributed by atoms with Gasteiger partial charge in [-0.1, -0.05) is 40.0 Å². The molecule has 7 heteroatoms. The van der Waals surface area contributed by atoms with E-state index in [9.17, 15) is 4.79 Å². The lowest BCUT2D eigenvalue weighted by atomic mass is 9.74. The number of carbonyl (C=O) groups is 1. The van der Waals surface area contributed by atoms with Crippen molar-refractivity contribution in [2.45, 2.75) is 103 Å². The van der Waals surface area contributed by atoms with E-state index in [2.05, 4.69) is 69.5 Å². The van der Waals surface area contributed by atoms with Gasteiger partial charge in [0.1, 0.15) is 5.76 Å². The fraction of sp³-hybridized carbons (Fsp3) is 0.903. The molecule has 0 N–H and O–H groups in total. The Kier molecular flexibility index (Phi) is 11.5. The minimum absolute atomic E-state index is 0.0165. The highest BCUT2D eigenvalue weighted by atomic mass is 16.7. The molecule has 38 heavy (non-hydrogen) atoms. The maximum absolute atomic E-state index is 13.8. The van der Waals surface area contributed by atoms with E-state index in [0.717, 1.165) is 70.5 Å². The van der Waals surface area contributed by atoms with E-state index in [-0.39, 0.29) is 11.6 Å². The number of ether oxygens (including phenoxy) is 3. The summed E-state index contributed by atoms with van der Waals surface area (Å²) in [4.78, 5) is 20.6. The number of nitrogens with zero attached hydrogens (tertiary/aromatic N) is 3. The molecule has 5 unspecified atom stereocenters. The van der Waals surface area contributed by atoms with Crippen LogP contribution in [0.4, 0.5) is 0 Å². The van der Waals surface area contributed by atoms with Gasteiger partial charge in [0.15, 0.2) is 12.4 Å². The van der Waals surface area contributed by atoms with Crippen molar-refractivity contribution >= 4 is 5.91 Å². The number of hydrogen-bond acceptors (Lipinski definition) is 6. The van der Waals surface area contributed by atoms with Gasteiger partial charge in [0.2, 0.25) is 5.91 Å². The Hall–Kier alpha value is -1.15. The molecule has 0 bridgehead atoms. The van der Waals surface area contributed by atoms with Crippen LogP contribution in [0.5, 0.6) is 0 Å². The van der Waals surface area contributed by atoms with Crippen molar-refractivity contribution in [3.05, 3.63) is 11.8 Å². The van der Waals surface area contributed by atoms with Crippen LogP contribution >= 0.6 is 0 Å². The summed E-state index contributed by atoms with van der Waals surface area (Å²) in [6, 6.07) is 0. The van der Waals surface area contributed by atoms with E-state index < -0.39 is 5.60 Å². The van der Waals surface area contributed by atoms with E-state index in [1.54, 1.807) is 7.11 Å². The second-order valence-electron chi connectivity index (χ2n) is 13.0. The molecule has 6 atom stereocenters. The first-order valence-electron chi connectivity index (χ1n) is 15.3. The lowest BCUT2D eigenvalue weighted by Crippen LogP contribution is -2.49. The Morgan fingerprint density at radius 1 is 1.18 bits per heavy atom. The predicted molar refractivity (Wildman–Crippen MR) is 154 cm³/mol. The molecule has 0 aromatic heterocycles. The first kappa shape index (κ1) is 31.4. The number of amides is 1. The molecule has 1 aliphatic carbocycles.